The minimum atomic E-state index is -0.146. The fourth-order valence-electron chi connectivity index (χ4n) is 4.57. The van der Waals surface area contributed by atoms with Crippen LogP contribution in [0.25, 0.3) is 33.1 Å². The first-order chi connectivity index (χ1) is 13.7. The predicted octanol–water partition coefficient (Wildman–Crippen LogP) is 4.49. The van der Waals surface area contributed by atoms with Crippen molar-refractivity contribution >= 4 is 27.5 Å². The van der Waals surface area contributed by atoms with Crippen molar-refractivity contribution in [1.29, 1.82) is 0 Å². The van der Waals surface area contributed by atoms with E-state index in [-0.39, 0.29) is 5.82 Å². The van der Waals surface area contributed by atoms with Crippen LogP contribution in [0.15, 0.2) is 36.5 Å². The average Bonchev–Trinajstić information content (AvgIpc) is 3.49. The lowest BCUT2D eigenvalue weighted by Gasteiger charge is -2.30. The van der Waals surface area contributed by atoms with Gasteiger partial charge in [0.15, 0.2) is 0 Å². The van der Waals surface area contributed by atoms with E-state index in [1.807, 2.05) is 0 Å². The molecule has 4 nitrogen and oxygen atoms in total. The zero-order chi connectivity index (χ0) is 18.8. The van der Waals surface area contributed by atoms with E-state index in [9.17, 15) is 0 Å². The Morgan fingerprint density at radius 3 is 2.68 bits per heavy atom. The monoisotopic (exact) mass is 374 g/mol. The van der Waals surface area contributed by atoms with E-state index in [2.05, 4.69) is 52.2 Å². The number of benzene rings is 2. The number of nitrogens with zero attached hydrogens (tertiary/aromatic N) is 3. The molecular weight excluding hydrogens is 351 g/mol. The number of piperazine rings is 1. The minimum Gasteiger partial charge on any atom is -0.367 e. The van der Waals surface area contributed by atoms with Gasteiger partial charge in [-0.05, 0) is 44.0 Å². The summed E-state index contributed by atoms with van der Waals surface area (Å²) in [7, 11) is 0. The molecule has 0 bridgehead atoms. The number of pyridine rings is 1. The number of hydrogen-bond donors (Lipinski definition) is 1. The molecule has 0 atom stereocenters. The van der Waals surface area contributed by atoms with Gasteiger partial charge in [-0.15, -0.1) is 0 Å². The molecule has 0 unspecified atom stereocenters. The first-order valence-corrected chi connectivity index (χ1v) is 10.2. The molecule has 1 N–H and O–H groups in total. The summed E-state index contributed by atoms with van der Waals surface area (Å²) < 4.78 is 17.6. The first-order valence-electron chi connectivity index (χ1n) is 10.2. The van der Waals surface area contributed by atoms with Gasteiger partial charge in [0.25, 0.3) is 0 Å². The second kappa shape index (κ2) is 5.92. The van der Waals surface area contributed by atoms with Gasteiger partial charge < -0.3 is 14.8 Å². The van der Waals surface area contributed by atoms with Crippen LogP contribution in [0.1, 0.15) is 24.4 Å². The summed E-state index contributed by atoms with van der Waals surface area (Å²) in [5.74, 6) is -0.146. The van der Waals surface area contributed by atoms with Crippen molar-refractivity contribution < 1.29 is 4.39 Å². The zero-order valence-electron chi connectivity index (χ0n) is 16.0. The molecule has 142 valence electrons. The van der Waals surface area contributed by atoms with Crippen LogP contribution >= 0.6 is 0 Å². The van der Waals surface area contributed by atoms with Gasteiger partial charge in [0.2, 0.25) is 0 Å². The van der Waals surface area contributed by atoms with Gasteiger partial charge in [-0.3, -0.25) is 0 Å². The zero-order valence-corrected chi connectivity index (χ0v) is 16.0. The molecule has 6 rings (SSSR count). The first kappa shape index (κ1) is 16.3. The maximum Gasteiger partial charge on any atom is 0.147 e. The fourth-order valence-corrected chi connectivity index (χ4v) is 4.57. The van der Waals surface area contributed by atoms with Gasteiger partial charge in [-0.1, -0.05) is 11.6 Å². The Balaban J connectivity index is 1.66. The number of hydrogen-bond acceptors (Lipinski definition) is 3. The molecule has 2 aromatic carbocycles. The Kier molecular flexibility index (Phi) is 3.45. The number of nitrogens with one attached hydrogen (secondary N) is 1. The highest BCUT2D eigenvalue weighted by Gasteiger charge is 2.28. The van der Waals surface area contributed by atoms with Gasteiger partial charge in [0, 0.05) is 54.8 Å². The molecular formula is C23H23FN4. The van der Waals surface area contributed by atoms with E-state index in [4.69, 9.17) is 4.98 Å². The summed E-state index contributed by atoms with van der Waals surface area (Å²) in [4.78, 5) is 7.04. The highest BCUT2D eigenvalue weighted by atomic mass is 19.1. The van der Waals surface area contributed by atoms with E-state index in [1.165, 1.54) is 18.4 Å². The van der Waals surface area contributed by atoms with E-state index in [0.717, 1.165) is 64.9 Å². The molecule has 28 heavy (non-hydrogen) atoms. The molecule has 0 aromatic heterocycles. The highest BCUT2D eigenvalue weighted by Crippen LogP contribution is 2.44. The molecule has 4 aliphatic rings. The van der Waals surface area contributed by atoms with E-state index >= 15 is 4.39 Å². The lowest BCUT2D eigenvalue weighted by atomic mass is 10.0. The van der Waals surface area contributed by atoms with Gasteiger partial charge in [0.05, 0.1) is 22.4 Å². The van der Waals surface area contributed by atoms with Gasteiger partial charge >= 0.3 is 0 Å². The van der Waals surface area contributed by atoms with Gasteiger partial charge in [-0.2, -0.15) is 0 Å². The number of aromatic nitrogens is 2. The number of fused-ring (bicyclic) bond motifs is 5. The highest BCUT2D eigenvalue weighted by molar-refractivity contribution is 6.07. The van der Waals surface area contributed by atoms with E-state index in [1.54, 1.807) is 6.07 Å². The molecule has 2 aromatic rings. The Bertz CT molecular complexity index is 1180. The molecule has 0 spiro atoms. The minimum absolute atomic E-state index is 0.146. The summed E-state index contributed by atoms with van der Waals surface area (Å²) in [5, 5.41) is 5.44. The molecule has 1 saturated carbocycles. The van der Waals surface area contributed by atoms with Crippen molar-refractivity contribution in [3.8, 4) is 11.3 Å². The van der Waals surface area contributed by atoms with Crippen LogP contribution in [0.2, 0.25) is 0 Å². The molecule has 5 heteroatoms. The van der Waals surface area contributed by atoms with Crippen LogP contribution in [0.4, 0.5) is 10.1 Å². The molecule has 0 amide bonds. The number of halogens is 1. The Labute approximate surface area is 163 Å². The SMILES string of the molecule is Cc1ccc2nc3c4cc(F)c(N5CCNCC5)cc4n(C4CC4)cc-3c2c1. The van der Waals surface area contributed by atoms with Crippen LogP contribution in [-0.2, 0) is 0 Å². The molecule has 1 aliphatic carbocycles. The van der Waals surface area contributed by atoms with Crippen molar-refractivity contribution in [1.82, 2.24) is 14.9 Å². The average molecular weight is 374 g/mol. The second-order valence-electron chi connectivity index (χ2n) is 8.22. The molecule has 1 saturated heterocycles. The van der Waals surface area contributed by atoms with Crippen molar-refractivity contribution in [3.05, 3.63) is 47.9 Å². The predicted molar refractivity (Wildman–Crippen MR) is 112 cm³/mol. The topological polar surface area (TPSA) is 33.1 Å². The largest absolute Gasteiger partial charge is 0.367 e. The maximum absolute atomic E-state index is 15.2. The molecule has 2 fully saturated rings. The van der Waals surface area contributed by atoms with Crippen LogP contribution < -0.4 is 10.2 Å². The lowest BCUT2D eigenvalue weighted by molar-refractivity contribution is 0.567. The van der Waals surface area contributed by atoms with Crippen LogP contribution in [0.3, 0.4) is 0 Å². The molecule has 3 aliphatic heterocycles. The van der Waals surface area contributed by atoms with Gasteiger partial charge in [-0.25, -0.2) is 9.37 Å². The molecule has 3 heterocycles. The second-order valence-corrected chi connectivity index (χ2v) is 8.22. The normalized spacial score (nSPS) is 17.9. The van der Waals surface area contributed by atoms with E-state index < -0.39 is 0 Å². The Hall–Kier alpha value is -2.66. The fraction of sp³-hybridized carbons (Fsp3) is 0.348. The number of anilines is 1. The standard InChI is InChI=1S/C23H23FN4/c1-14-2-5-20-16(10-14)18-13-28(15-3-4-15)21-12-22(27-8-6-25-7-9-27)19(24)11-17(21)23(18)26-20/h2,5,10-13,15,25H,3-4,6-9H2,1H3. The number of aryl methyl sites for hydroxylation is 1. The third kappa shape index (κ3) is 2.42. The smallest absolute Gasteiger partial charge is 0.147 e. The van der Waals surface area contributed by atoms with Crippen molar-refractivity contribution in [2.75, 3.05) is 31.1 Å². The van der Waals surface area contributed by atoms with Crippen LogP contribution in [0.5, 0.6) is 0 Å². The number of rotatable bonds is 2. The summed E-state index contributed by atoms with van der Waals surface area (Å²) in [6, 6.07) is 10.6. The van der Waals surface area contributed by atoms with Crippen molar-refractivity contribution in [3.63, 3.8) is 0 Å². The quantitative estimate of drug-likeness (QED) is 0.561. The van der Waals surface area contributed by atoms with E-state index in [0.29, 0.717) is 6.04 Å². The summed E-state index contributed by atoms with van der Waals surface area (Å²) >= 11 is 0. The molecule has 0 radical (unpaired) electrons. The maximum atomic E-state index is 15.2. The van der Waals surface area contributed by atoms with Crippen molar-refractivity contribution in [2.24, 2.45) is 0 Å². The third-order valence-electron chi connectivity index (χ3n) is 6.19. The summed E-state index contributed by atoms with van der Waals surface area (Å²) in [6.45, 7) is 5.58. The Morgan fingerprint density at radius 1 is 1.07 bits per heavy atom. The third-order valence-corrected chi connectivity index (χ3v) is 6.19. The lowest BCUT2D eigenvalue weighted by Crippen LogP contribution is -2.43. The van der Waals surface area contributed by atoms with Gasteiger partial charge in [0.1, 0.15) is 5.82 Å². The summed E-state index contributed by atoms with van der Waals surface area (Å²) in [6.07, 6.45) is 4.64. The van der Waals surface area contributed by atoms with Crippen LogP contribution in [-0.4, -0.2) is 35.7 Å². The van der Waals surface area contributed by atoms with Crippen LogP contribution in [0, 0.1) is 12.7 Å². The van der Waals surface area contributed by atoms with Crippen molar-refractivity contribution in [2.45, 2.75) is 25.8 Å². The Morgan fingerprint density at radius 2 is 1.89 bits per heavy atom. The summed E-state index contributed by atoms with van der Waals surface area (Å²) in [5.41, 5.74) is 6.08.